The van der Waals surface area contributed by atoms with Crippen LogP contribution in [0.2, 0.25) is 0 Å². The Bertz CT molecular complexity index is 178. The second-order valence-corrected chi connectivity index (χ2v) is 1.88. The molecule has 0 unspecified atom stereocenters. The van der Waals surface area contributed by atoms with Crippen LogP contribution in [0.15, 0.2) is 24.3 Å². The van der Waals surface area contributed by atoms with Crippen LogP contribution in [-0.2, 0) is 0 Å². The Morgan fingerprint density at radius 3 is 2.25 bits per heavy atom. The van der Waals surface area contributed by atoms with Crippen molar-refractivity contribution in [3.63, 3.8) is 0 Å². The molecule has 0 spiro atoms. The highest BCUT2D eigenvalue weighted by atomic mass is 14.4. The molecule has 0 aliphatic carbocycles. The minimum Gasteiger partial charge on any atom is -0.309 e. The van der Waals surface area contributed by atoms with Gasteiger partial charge in [0.25, 0.3) is 0 Å². The van der Waals surface area contributed by atoms with Gasteiger partial charge >= 0.3 is 0 Å². The molecule has 0 aromatic carbocycles. The fraction of sp³-hybridized carbons (Fsp3) is 0.400. The fourth-order valence-electron chi connectivity index (χ4n) is 0.492. The minimum absolute atomic E-state index is 0.526. The zero-order valence-electron chi connectivity index (χ0n) is 8.15. The minimum atomic E-state index is 0.526. The van der Waals surface area contributed by atoms with Crippen LogP contribution >= 0.6 is 0 Å². The number of nitrogens with one attached hydrogen (secondary N) is 2. The van der Waals surface area contributed by atoms with E-state index in [1.807, 2.05) is 20.8 Å². The lowest BCUT2D eigenvalue weighted by molar-refractivity contribution is 1.24. The lowest BCUT2D eigenvalue weighted by Gasteiger charge is -1.95. The summed E-state index contributed by atoms with van der Waals surface area (Å²) in [6.45, 7) is 9.56. The average molecular weight is 166 g/mol. The van der Waals surface area contributed by atoms with Crippen LogP contribution in [0.4, 0.5) is 0 Å². The summed E-state index contributed by atoms with van der Waals surface area (Å²) >= 11 is 0. The van der Waals surface area contributed by atoms with Crippen molar-refractivity contribution in [2.75, 3.05) is 0 Å². The molecule has 0 fully saturated rings. The van der Waals surface area contributed by atoms with E-state index in [0.29, 0.717) is 17.7 Å². The summed E-state index contributed by atoms with van der Waals surface area (Å²) in [5.41, 5.74) is 1.21. The van der Waals surface area contributed by atoms with E-state index in [4.69, 9.17) is 10.8 Å². The monoisotopic (exact) mass is 166 g/mol. The lowest BCUT2D eigenvalue weighted by Crippen LogP contribution is -1.94. The molecule has 0 aliphatic rings. The van der Waals surface area contributed by atoms with Gasteiger partial charge in [-0.2, -0.15) is 0 Å². The van der Waals surface area contributed by atoms with E-state index in [0.717, 1.165) is 0 Å². The molecule has 0 saturated carbocycles. The molecule has 0 bridgehead atoms. The van der Waals surface area contributed by atoms with Gasteiger partial charge in [0.2, 0.25) is 0 Å². The van der Waals surface area contributed by atoms with Crippen molar-refractivity contribution in [2.45, 2.75) is 27.2 Å². The maximum absolute atomic E-state index is 7.30. The predicted molar refractivity (Wildman–Crippen MR) is 56.4 cm³/mol. The van der Waals surface area contributed by atoms with Crippen LogP contribution in [0.25, 0.3) is 0 Å². The normalized spacial score (nSPS) is 8.58. The third kappa shape index (κ3) is 6.93. The molecule has 0 rings (SSSR count). The van der Waals surface area contributed by atoms with E-state index in [9.17, 15) is 0 Å². The van der Waals surface area contributed by atoms with Crippen LogP contribution in [0.1, 0.15) is 27.2 Å². The van der Waals surface area contributed by atoms with Crippen LogP contribution in [0.5, 0.6) is 0 Å². The van der Waals surface area contributed by atoms with Gasteiger partial charge in [0.15, 0.2) is 0 Å². The molecule has 2 N–H and O–H groups in total. The van der Waals surface area contributed by atoms with Gasteiger partial charge in [0, 0.05) is 11.9 Å². The molecular weight excluding hydrogens is 148 g/mol. The molecule has 0 heterocycles. The van der Waals surface area contributed by atoms with E-state index >= 15 is 0 Å². The molecule has 2 heteroatoms. The van der Waals surface area contributed by atoms with Crippen molar-refractivity contribution in [1.29, 1.82) is 10.8 Å². The predicted octanol–water partition coefficient (Wildman–Crippen LogP) is 3.20. The standard InChI is InChI=1S/C8H12N2.C2H6/c1-3-8(10)7(2)5-4-6-9;1-2/h4-6,9-10H,2-3H2,1H3;1-2H3/b5-4-,9-6?,10-8?;. The molecular formula is C10H18N2. The van der Waals surface area contributed by atoms with Crippen LogP contribution in [-0.4, -0.2) is 11.9 Å². The molecule has 0 aliphatic heterocycles. The summed E-state index contributed by atoms with van der Waals surface area (Å²) in [5, 5.41) is 14.0. The number of rotatable bonds is 4. The van der Waals surface area contributed by atoms with Gasteiger partial charge in [0.1, 0.15) is 0 Å². The van der Waals surface area contributed by atoms with Crippen LogP contribution in [0, 0.1) is 10.8 Å². The van der Waals surface area contributed by atoms with Crippen LogP contribution in [0.3, 0.4) is 0 Å². The lowest BCUT2D eigenvalue weighted by atomic mass is 10.1. The summed E-state index contributed by atoms with van der Waals surface area (Å²) in [7, 11) is 0. The molecule has 0 saturated heterocycles. The molecule has 12 heavy (non-hydrogen) atoms. The second kappa shape index (κ2) is 9.82. The zero-order valence-corrected chi connectivity index (χ0v) is 8.15. The number of allylic oxidation sites excluding steroid dienone is 3. The van der Waals surface area contributed by atoms with Gasteiger partial charge in [-0.25, -0.2) is 0 Å². The van der Waals surface area contributed by atoms with Gasteiger partial charge < -0.3 is 10.8 Å². The highest BCUT2D eigenvalue weighted by Crippen LogP contribution is 1.97. The Hall–Kier alpha value is -1.18. The molecule has 0 atom stereocenters. The van der Waals surface area contributed by atoms with Gasteiger partial charge in [-0.1, -0.05) is 33.4 Å². The summed E-state index contributed by atoms with van der Waals surface area (Å²) in [6.07, 6.45) is 5.10. The quantitative estimate of drug-likeness (QED) is 0.476. The van der Waals surface area contributed by atoms with E-state index < -0.39 is 0 Å². The van der Waals surface area contributed by atoms with E-state index in [1.165, 1.54) is 6.21 Å². The van der Waals surface area contributed by atoms with Crippen molar-refractivity contribution < 1.29 is 0 Å². The van der Waals surface area contributed by atoms with Gasteiger partial charge in [-0.15, -0.1) is 0 Å². The van der Waals surface area contributed by atoms with Crippen molar-refractivity contribution in [1.82, 2.24) is 0 Å². The van der Waals surface area contributed by atoms with Crippen LogP contribution < -0.4 is 0 Å². The number of hydrogen-bond donors (Lipinski definition) is 2. The maximum atomic E-state index is 7.30. The molecule has 2 nitrogen and oxygen atoms in total. The van der Waals surface area contributed by atoms with Crippen molar-refractivity contribution in [2.24, 2.45) is 0 Å². The van der Waals surface area contributed by atoms with Crippen molar-refractivity contribution in [3.8, 4) is 0 Å². The first-order chi connectivity index (χ1) is 5.72. The highest BCUT2D eigenvalue weighted by molar-refractivity contribution is 5.99. The Morgan fingerprint density at radius 2 is 1.92 bits per heavy atom. The Balaban J connectivity index is 0. The average Bonchev–Trinajstić information content (AvgIpc) is 2.16. The van der Waals surface area contributed by atoms with Gasteiger partial charge in [0.05, 0.1) is 0 Å². The summed E-state index contributed by atoms with van der Waals surface area (Å²) in [4.78, 5) is 0. The molecule has 0 aromatic rings. The Labute approximate surface area is 75.0 Å². The van der Waals surface area contributed by atoms with E-state index in [1.54, 1.807) is 12.2 Å². The van der Waals surface area contributed by atoms with E-state index in [-0.39, 0.29) is 0 Å². The van der Waals surface area contributed by atoms with Gasteiger partial charge in [-0.3, -0.25) is 0 Å². The first-order valence-electron chi connectivity index (χ1n) is 4.16. The largest absolute Gasteiger partial charge is 0.309 e. The molecule has 0 radical (unpaired) electrons. The Kier molecular flexibility index (Phi) is 11.0. The number of hydrogen-bond acceptors (Lipinski definition) is 2. The third-order valence-electron chi connectivity index (χ3n) is 1.13. The first-order valence-corrected chi connectivity index (χ1v) is 4.16. The fourth-order valence-corrected chi connectivity index (χ4v) is 0.492. The summed E-state index contributed by atoms with van der Waals surface area (Å²) in [5.74, 6) is 0. The zero-order chi connectivity index (χ0) is 9.98. The molecule has 0 amide bonds. The summed E-state index contributed by atoms with van der Waals surface area (Å²) in [6, 6.07) is 0. The van der Waals surface area contributed by atoms with E-state index in [2.05, 4.69) is 6.58 Å². The maximum Gasteiger partial charge on any atom is 0.0377 e. The van der Waals surface area contributed by atoms with Crippen molar-refractivity contribution >= 4 is 11.9 Å². The molecule has 0 aromatic heterocycles. The third-order valence-corrected chi connectivity index (χ3v) is 1.13. The van der Waals surface area contributed by atoms with Crippen molar-refractivity contribution in [3.05, 3.63) is 24.3 Å². The highest BCUT2D eigenvalue weighted by Gasteiger charge is 1.92. The van der Waals surface area contributed by atoms with Gasteiger partial charge in [-0.05, 0) is 18.1 Å². The molecule has 68 valence electrons. The summed E-state index contributed by atoms with van der Waals surface area (Å²) < 4.78 is 0. The second-order valence-electron chi connectivity index (χ2n) is 1.88. The SMILES string of the molecule is C=C(/C=C\C=N)C(=N)CC.CC. The Morgan fingerprint density at radius 1 is 1.42 bits per heavy atom. The first kappa shape index (κ1) is 13.4. The smallest absolute Gasteiger partial charge is 0.0377 e. The topological polar surface area (TPSA) is 47.7 Å².